The Morgan fingerprint density at radius 2 is 1.80 bits per heavy atom. The van der Waals surface area contributed by atoms with Crippen molar-refractivity contribution in [1.82, 2.24) is 9.88 Å². The van der Waals surface area contributed by atoms with E-state index in [9.17, 15) is 34.8 Å². The molecule has 0 unspecified atom stereocenters. The number of nitrogens with one attached hydrogen (secondary N) is 2. The molecule has 1 aliphatic heterocycles. The van der Waals surface area contributed by atoms with Crippen molar-refractivity contribution in [3.8, 4) is 0 Å². The van der Waals surface area contributed by atoms with Gasteiger partial charge in [0.05, 0.1) is 11.2 Å². The lowest BCUT2D eigenvalue weighted by Gasteiger charge is -2.46. The predicted molar refractivity (Wildman–Crippen MR) is 140 cm³/mol. The van der Waals surface area contributed by atoms with Gasteiger partial charge >= 0.3 is 12.1 Å². The summed E-state index contributed by atoms with van der Waals surface area (Å²) in [5.74, 6) is -6.06. The maximum Gasteiger partial charge on any atom is 0.490 e. The Bertz CT molecular complexity index is 1510. The van der Waals surface area contributed by atoms with Gasteiger partial charge in [-0.1, -0.05) is 26.0 Å². The third-order valence-electron chi connectivity index (χ3n) is 5.90. The molecule has 0 spiro atoms. The lowest BCUT2D eigenvalue weighted by Crippen LogP contribution is -2.52. The van der Waals surface area contributed by atoms with Gasteiger partial charge in [-0.15, -0.1) is 11.3 Å². The van der Waals surface area contributed by atoms with Crippen molar-refractivity contribution in [3.63, 3.8) is 0 Å². The highest BCUT2D eigenvalue weighted by Crippen LogP contribution is 2.32. The highest BCUT2D eigenvalue weighted by molar-refractivity contribution is 7.92. The summed E-state index contributed by atoms with van der Waals surface area (Å²) in [4.78, 5) is 14.1. The summed E-state index contributed by atoms with van der Waals surface area (Å²) in [5, 5.41) is 11.3. The molecule has 2 aromatic carbocycles. The molecule has 1 aromatic heterocycles. The van der Waals surface area contributed by atoms with E-state index >= 15 is 0 Å². The second-order valence-corrected chi connectivity index (χ2v) is 12.4. The minimum absolute atomic E-state index is 0.000646. The molecule has 0 aliphatic carbocycles. The van der Waals surface area contributed by atoms with Gasteiger partial charge in [-0.3, -0.25) is 9.62 Å². The van der Waals surface area contributed by atoms with Crippen LogP contribution in [0.4, 0.5) is 37.8 Å². The quantitative estimate of drug-likeness (QED) is 0.274. The molecule has 0 amide bonds. The van der Waals surface area contributed by atoms with Crippen LogP contribution in [0.5, 0.6) is 0 Å². The number of likely N-dealkylation sites (tertiary alicyclic amines) is 1. The highest BCUT2D eigenvalue weighted by atomic mass is 32.2. The first-order chi connectivity index (χ1) is 18.9. The van der Waals surface area contributed by atoms with Crippen LogP contribution < -0.4 is 10.0 Å². The van der Waals surface area contributed by atoms with Crippen LogP contribution in [-0.4, -0.2) is 48.6 Å². The van der Waals surface area contributed by atoms with Gasteiger partial charge in [0.1, 0.15) is 10.7 Å². The van der Waals surface area contributed by atoms with E-state index in [1.54, 1.807) is 6.07 Å². The zero-order valence-corrected chi connectivity index (χ0v) is 23.6. The van der Waals surface area contributed by atoms with E-state index in [4.69, 9.17) is 9.90 Å². The van der Waals surface area contributed by atoms with E-state index in [1.165, 1.54) is 29.9 Å². The van der Waals surface area contributed by atoms with Crippen LogP contribution in [0.1, 0.15) is 30.5 Å². The number of alkyl halides is 3. The fraction of sp³-hybridized carbons (Fsp3) is 0.360. The number of benzene rings is 2. The van der Waals surface area contributed by atoms with E-state index < -0.39 is 44.5 Å². The number of sulfonamides is 1. The number of aliphatic carboxylic acids is 1. The van der Waals surface area contributed by atoms with Crippen molar-refractivity contribution >= 4 is 38.8 Å². The molecular formula is C25H26F6N4O4S2. The van der Waals surface area contributed by atoms with Gasteiger partial charge in [-0.25, -0.2) is 31.4 Å². The number of halogens is 6. The summed E-state index contributed by atoms with van der Waals surface area (Å²) in [6, 6.07) is 5.96. The summed E-state index contributed by atoms with van der Waals surface area (Å²) in [7, 11) is -4.40. The van der Waals surface area contributed by atoms with Crippen LogP contribution >= 0.6 is 11.3 Å². The minimum Gasteiger partial charge on any atom is -0.475 e. The molecule has 0 bridgehead atoms. The number of thiazole rings is 1. The van der Waals surface area contributed by atoms with Crippen molar-refractivity contribution in [1.29, 1.82) is 0 Å². The number of aryl methyl sites for hydroxylation is 1. The zero-order chi connectivity index (χ0) is 30.8. The zero-order valence-electron chi connectivity index (χ0n) is 21.9. The molecule has 3 aromatic rings. The van der Waals surface area contributed by atoms with E-state index in [-0.39, 0.29) is 29.0 Å². The second kappa shape index (κ2) is 12.2. The molecule has 3 N–H and O–H groups in total. The Labute approximate surface area is 236 Å². The standard InChI is InChI=1S/C23H25F3N4O2S2.C2HF3O2/c1-14-7-18(20(25)21(26)22(14)34(31,32)29-19-10-33-13-28-19)27-8-16-15(5-4-6-17(16)24)9-30-11-23(2,3)12-30;3-2(4,5)1(6)7/h4-7,10,13,27,29H,8-9,11-12H2,1-3H3;(H,6,7). The molecule has 16 heteroatoms. The maximum atomic E-state index is 14.9. The smallest absolute Gasteiger partial charge is 0.475 e. The van der Waals surface area contributed by atoms with Gasteiger partial charge in [-0.05, 0) is 35.6 Å². The Hall–Kier alpha value is -3.37. The fourth-order valence-electron chi connectivity index (χ4n) is 4.30. The summed E-state index contributed by atoms with van der Waals surface area (Å²) < 4.78 is 104. The van der Waals surface area contributed by atoms with Crippen molar-refractivity contribution in [2.75, 3.05) is 23.1 Å². The molecular weight excluding hydrogens is 598 g/mol. The second-order valence-electron chi connectivity index (χ2n) is 10.0. The van der Waals surface area contributed by atoms with E-state index in [1.807, 2.05) is 6.07 Å². The average Bonchev–Trinajstić information content (AvgIpc) is 3.32. The van der Waals surface area contributed by atoms with Gasteiger partial charge in [-0.2, -0.15) is 13.2 Å². The molecule has 41 heavy (non-hydrogen) atoms. The summed E-state index contributed by atoms with van der Waals surface area (Å²) >= 11 is 1.16. The molecule has 1 saturated heterocycles. The first-order valence-electron chi connectivity index (χ1n) is 11.8. The Morgan fingerprint density at radius 1 is 1.17 bits per heavy atom. The number of rotatable bonds is 8. The first kappa shape index (κ1) is 32.1. The number of anilines is 2. The summed E-state index contributed by atoms with van der Waals surface area (Å²) in [6.07, 6.45) is -5.08. The van der Waals surface area contributed by atoms with Crippen LogP contribution in [0.2, 0.25) is 0 Å². The van der Waals surface area contributed by atoms with Crippen molar-refractivity contribution in [2.24, 2.45) is 5.41 Å². The number of nitrogens with zero attached hydrogens (tertiary/aromatic N) is 2. The summed E-state index contributed by atoms with van der Waals surface area (Å²) in [6.45, 7) is 7.93. The molecule has 2 heterocycles. The number of carboxylic acid groups (broad SMARTS) is 1. The Kier molecular flexibility index (Phi) is 9.60. The number of hydrogen-bond acceptors (Lipinski definition) is 7. The molecule has 1 fully saturated rings. The third kappa shape index (κ3) is 8.10. The average molecular weight is 625 g/mol. The minimum atomic E-state index is -5.08. The van der Waals surface area contributed by atoms with Gasteiger partial charge in [0.15, 0.2) is 17.5 Å². The van der Waals surface area contributed by atoms with E-state index in [0.29, 0.717) is 12.1 Å². The van der Waals surface area contributed by atoms with Gasteiger partial charge < -0.3 is 10.4 Å². The molecule has 1 aliphatic rings. The molecule has 8 nitrogen and oxygen atoms in total. The molecule has 4 rings (SSSR count). The van der Waals surface area contributed by atoms with Gasteiger partial charge in [0, 0.05) is 37.1 Å². The lowest BCUT2D eigenvalue weighted by molar-refractivity contribution is -0.192. The van der Waals surface area contributed by atoms with Crippen molar-refractivity contribution in [2.45, 2.75) is 44.9 Å². The van der Waals surface area contributed by atoms with Crippen LogP contribution in [0.3, 0.4) is 0 Å². The Balaban J connectivity index is 0.000000587. The number of aromatic nitrogens is 1. The SMILES string of the molecule is Cc1cc(NCc2c(F)cccc2CN2CC(C)(C)C2)c(F)c(F)c1S(=O)(=O)Nc1cscn1.O=C(O)C(F)(F)F. The number of carbonyl (C=O) groups is 1. The molecule has 0 saturated carbocycles. The predicted octanol–water partition coefficient (Wildman–Crippen LogP) is 5.76. The van der Waals surface area contributed by atoms with Crippen LogP contribution in [0.15, 0.2) is 40.1 Å². The van der Waals surface area contributed by atoms with Gasteiger partial charge in [0.2, 0.25) is 0 Å². The maximum absolute atomic E-state index is 14.9. The van der Waals surface area contributed by atoms with Gasteiger partial charge in [0.25, 0.3) is 10.0 Å². The normalized spacial score (nSPS) is 15.0. The monoisotopic (exact) mass is 624 g/mol. The number of hydrogen-bond donors (Lipinski definition) is 3. The van der Waals surface area contributed by atoms with Crippen molar-refractivity contribution < 1.29 is 44.7 Å². The van der Waals surface area contributed by atoms with Crippen LogP contribution in [0, 0.1) is 29.8 Å². The topological polar surface area (TPSA) is 112 Å². The summed E-state index contributed by atoms with van der Waals surface area (Å²) in [5.41, 5.74) is 2.50. The molecule has 0 radical (unpaired) electrons. The number of carboxylic acids is 1. The van der Waals surface area contributed by atoms with Crippen LogP contribution in [0.25, 0.3) is 0 Å². The fourth-order valence-corrected chi connectivity index (χ4v) is 6.15. The highest BCUT2D eigenvalue weighted by Gasteiger charge is 2.38. The van der Waals surface area contributed by atoms with Crippen LogP contribution in [-0.2, 0) is 27.9 Å². The largest absolute Gasteiger partial charge is 0.490 e. The Morgan fingerprint density at radius 3 is 2.34 bits per heavy atom. The third-order valence-corrected chi connectivity index (χ3v) is 8.00. The van der Waals surface area contributed by atoms with Crippen molar-refractivity contribution in [3.05, 3.63) is 69.3 Å². The molecule has 224 valence electrons. The van der Waals surface area contributed by atoms with E-state index in [2.05, 4.69) is 33.8 Å². The molecule has 0 atom stereocenters. The van der Waals surface area contributed by atoms with E-state index in [0.717, 1.165) is 30.0 Å². The lowest BCUT2D eigenvalue weighted by atomic mass is 9.84. The first-order valence-corrected chi connectivity index (χ1v) is 14.3.